The van der Waals surface area contributed by atoms with E-state index in [1.165, 1.54) is 0 Å². The highest BCUT2D eigenvalue weighted by atomic mass is 32.2. The van der Waals surface area contributed by atoms with Gasteiger partial charge in [0, 0.05) is 17.7 Å². The van der Waals surface area contributed by atoms with Crippen LogP contribution < -0.4 is 5.32 Å². The van der Waals surface area contributed by atoms with Gasteiger partial charge in [-0.2, -0.15) is 0 Å². The van der Waals surface area contributed by atoms with Crippen molar-refractivity contribution in [2.45, 2.75) is 38.0 Å². The predicted molar refractivity (Wildman–Crippen MR) is 97.8 cm³/mol. The van der Waals surface area contributed by atoms with Gasteiger partial charge in [0.1, 0.15) is 0 Å². The first-order chi connectivity index (χ1) is 11.5. The van der Waals surface area contributed by atoms with Crippen molar-refractivity contribution < 1.29 is 13.2 Å². The Morgan fingerprint density at radius 2 is 1.67 bits per heavy atom. The van der Waals surface area contributed by atoms with Crippen molar-refractivity contribution in [2.24, 2.45) is 0 Å². The molecular weight excluding hydrogens is 322 g/mol. The summed E-state index contributed by atoms with van der Waals surface area (Å²) in [6.07, 6.45) is 2.36. The number of nitrogens with one attached hydrogen (secondary N) is 1. The van der Waals surface area contributed by atoms with Crippen LogP contribution in [0.25, 0.3) is 11.1 Å². The molecule has 0 fully saturated rings. The van der Waals surface area contributed by atoms with E-state index in [-0.39, 0.29) is 11.7 Å². The van der Waals surface area contributed by atoms with E-state index in [9.17, 15) is 13.2 Å². The van der Waals surface area contributed by atoms with Gasteiger partial charge in [0.15, 0.2) is 9.84 Å². The Hall–Kier alpha value is -2.14. The second-order valence-corrected chi connectivity index (χ2v) is 7.88. The highest BCUT2D eigenvalue weighted by Crippen LogP contribution is 2.29. The molecule has 2 aromatic carbocycles. The maximum Gasteiger partial charge on any atom is 0.224 e. The molecule has 0 aromatic heterocycles. The van der Waals surface area contributed by atoms with Gasteiger partial charge in [0.05, 0.1) is 10.6 Å². The highest BCUT2D eigenvalue weighted by molar-refractivity contribution is 7.91. The predicted octanol–water partition coefficient (Wildman–Crippen LogP) is 4.28. The maximum absolute atomic E-state index is 12.3. The van der Waals surface area contributed by atoms with E-state index in [1.54, 1.807) is 37.3 Å². The summed E-state index contributed by atoms with van der Waals surface area (Å²) < 4.78 is 24.5. The second kappa shape index (κ2) is 8.11. The Bertz CT molecular complexity index is 796. The van der Waals surface area contributed by atoms with Crippen LogP contribution in [-0.2, 0) is 14.6 Å². The van der Waals surface area contributed by atoms with Crippen LogP contribution in [0.2, 0.25) is 0 Å². The van der Waals surface area contributed by atoms with Crippen molar-refractivity contribution in [1.29, 1.82) is 0 Å². The highest BCUT2D eigenvalue weighted by Gasteiger charge is 2.16. The number of carbonyl (C=O) groups is 1. The van der Waals surface area contributed by atoms with Gasteiger partial charge in [-0.05, 0) is 30.2 Å². The molecule has 0 aliphatic rings. The first-order valence-corrected chi connectivity index (χ1v) is 9.85. The van der Waals surface area contributed by atoms with Gasteiger partial charge in [-0.1, -0.05) is 50.6 Å². The topological polar surface area (TPSA) is 63.2 Å². The van der Waals surface area contributed by atoms with Crippen molar-refractivity contribution in [1.82, 2.24) is 0 Å². The second-order valence-electron chi connectivity index (χ2n) is 5.63. The average Bonchev–Trinajstić information content (AvgIpc) is 2.60. The summed E-state index contributed by atoms with van der Waals surface area (Å²) in [6.45, 7) is 3.69. The van der Waals surface area contributed by atoms with Gasteiger partial charge in [-0.15, -0.1) is 0 Å². The molecule has 0 unspecified atom stereocenters. The molecule has 128 valence electrons. The molecule has 1 N–H and O–H groups in total. The van der Waals surface area contributed by atoms with E-state index in [0.29, 0.717) is 16.9 Å². The Labute approximate surface area is 143 Å². The van der Waals surface area contributed by atoms with Crippen molar-refractivity contribution in [3.63, 3.8) is 0 Å². The lowest BCUT2D eigenvalue weighted by Crippen LogP contribution is -2.10. The Balaban J connectivity index is 2.25. The molecule has 5 heteroatoms. The number of hydrogen-bond donors (Lipinski definition) is 1. The van der Waals surface area contributed by atoms with Gasteiger partial charge >= 0.3 is 0 Å². The Morgan fingerprint density at radius 1 is 1.00 bits per heavy atom. The molecular formula is C19H23NO3S. The van der Waals surface area contributed by atoms with E-state index < -0.39 is 9.84 Å². The van der Waals surface area contributed by atoms with E-state index in [0.717, 1.165) is 24.1 Å². The van der Waals surface area contributed by atoms with E-state index in [2.05, 4.69) is 5.32 Å². The lowest BCUT2D eigenvalue weighted by atomic mass is 10.1. The third-order valence-electron chi connectivity index (χ3n) is 3.84. The zero-order chi connectivity index (χ0) is 17.6. The fourth-order valence-corrected chi connectivity index (χ4v) is 3.54. The SMILES string of the molecule is CCCCC(=O)Nc1ccc(-c2ccccc2S(=O)(=O)CC)cc1. The van der Waals surface area contributed by atoms with E-state index in [1.807, 2.05) is 25.1 Å². The maximum atomic E-state index is 12.3. The summed E-state index contributed by atoms with van der Waals surface area (Å²) in [5, 5.41) is 2.85. The standard InChI is InChI=1S/C19H23NO3S/c1-3-5-10-19(21)20-16-13-11-15(12-14-16)17-8-6-7-9-18(17)24(22,23)4-2/h6-9,11-14H,3-5,10H2,1-2H3,(H,20,21). The van der Waals surface area contributed by atoms with Crippen LogP contribution in [0.15, 0.2) is 53.4 Å². The molecule has 2 aromatic rings. The summed E-state index contributed by atoms with van der Waals surface area (Å²) >= 11 is 0. The normalized spacial score (nSPS) is 11.2. The number of carbonyl (C=O) groups excluding carboxylic acids is 1. The lowest BCUT2D eigenvalue weighted by molar-refractivity contribution is -0.116. The smallest absolute Gasteiger partial charge is 0.224 e. The first kappa shape index (κ1) is 18.2. The zero-order valence-electron chi connectivity index (χ0n) is 14.1. The van der Waals surface area contributed by atoms with Crippen molar-refractivity contribution in [2.75, 3.05) is 11.1 Å². The summed E-state index contributed by atoms with van der Waals surface area (Å²) in [6, 6.07) is 14.3. The number of hydrogen-bond acceptors (Lipinski definition) is 3. The van der Waals surface area contributed by atoms with Crippen LogP contribution in [0.1, 0.15) is 33.1 Å². The third kappa shape index (κ3) is 4.45. The van der Waals surface area contributed by atoms with Crippen LogP contribution in [0.5, 0.6) is 0 Å². The van der Waals surface area contributed by atoms with Crippen LogP contribution in [0.4, 0.5) is 5.69 Å². The molecule has 0 aliphatic carbocycles. The minimum atomic E-state index is -3.29. The van der Waals surface area contributed by atoms with Crippen LogP contribution in [-0.4, -0.2) is 20.1 Å². The number of benzene rings is 2. The molecule has 0 spiro atoms. The first-order valence-electron chi connectivity index (χ1n) is 8.20. The third-order valence-corrected chi connectivity index (χ3v) is 5.63. The summed E-state index contributed by atoms with van der Waals surface area (Å²) in [4.78, 5) is 12.1. The zero-order valence-corrected chi connectivity index (χ0v) is 14.9. The molecule has 1 amide bonds. The summed E-state index contributed by atoms with van der Waals surface area (Å²) in [5.41, 5.74) is 2.22. The van der Waals surface area contributed by atoms with Crippen molar-refractivity contribution in [3.8, 4) is 11.1 Å². The Morgan fingerprint density at radius 3 is 2.29 bits per heavy atom. The number of amides is 1. The molecule has 2 rings (SSSR count). The van der Waals surface area contributed by atoms with Crippen molar-refractivity contribution >= 4 is 21.4 Å². The monoisotopic (exact) mass is 345 g/mol. The largest absolute Gasteiger partial charge is 0.326 e. The van der Waals surface area contributed by atoms with Gasteiger partial charge in [-0.25, -0.2) is 8.42 Å². The van der Waals surface area contributed by atoms with Gasteiger partial charge in [0.2, 0.25) is 5.91 Å². The van der Waals surface area contributed by atoms with Gasteiger partial charge in [-0.3, -0.25) is 4.79 Å². The fraction of sp³-hybridized carbons (Fsp3) is 0.316. The van der Waals surface area contributed by atoms with Crippen LogP contribution in [0, 0.1) is 0 Å². The summed E-state index contributed by atoms with van der Waals surface area (Å²) in [7, 11) is -3.29. The molecule has 0 heterocycles. The number of unbranched alkanes of at least 4 members (excludes halogenated alkanes) is 1. The average molecular weight is 345 g/mol. The number of sulfone groups is 1. The molecule has 24 heavy (non-hydrogen) atoms. The molecule has 0 radical (unpaired) electrons. The quantitative estimate of drug-likeness (QED) is 0.815. The number of rotatable bonds is 7. The molecule has 4 nitrogen and oxygen atoms in total. The van der Waals surface area contributed by atoms with E-state index >= 15 is 0 Å². The molecule has 0 saturated heterocycles. The van der Waals surface area contributed by atoms with Gasteiger partial charge < -0.3 is 5.32 Å². The van der Waals surface area contributed by atoms with Crippen LogP contribution >= 0.6 is 0 Å². The number of anilines is 1. The minimum Gasteiger partial charge on any atom is -0.326 e. The molecule has 0 aliphatic heterocycles. The molecule has 0 atom stereocenters. The fourth-order valence-electron chi connectivity index (χ4n) is 2.43. The lowest BCUT2D eigenvalue weighted by Gasteiger charge is -2.11. The van der Waals surface area contributed by atoms with E-state index in [4.69, 9.17) is 0 Å². The minimum absolute atomic E-state index is 0.00133. The Kier molecular flexibility index (Phi) is 6.15. The summed E-state index contributed by atoms with van der Waals surface area (Å²) in [5.74, 6) is 0.0637. The molecule has 0 saturated carbocycles. The molecule has 0 bridgehead atoms. The van der Waals surface area contributed by atoms with Gasteiger partial charge in [0.25, 0.3) is 0 Å². The van der Waals surface area contributed by atoms with Crippen LogP contribution in [0.3, 0.4) is 0 Å². The van der Waals surface area contributed by atoms with Crippen molar-refractivity contribution in [3.05, 3.63) is 48.5 Å².